The van der Waals surface area contributed by atoms with Crippen LogP contribution in [-0.2, 0) is 0 Å². The lowest BCUT2D eigenvalue weighted by Crippen LogP contribution is -2.07. The van der Waals surface area contributed by atoms with E-state index in [2.05, 4.69) is 68.5 Å². The van der Waals surface area contributed by atoms with Crippen molar-refractivity contribution >= 4 is 5.57 Å². The first-order chi connectivity index (χ1) is 8.72. The third-order valence-electron chi connectivity index (χ3n) is 3.77. The second-order valence-electron chi connectivity index (χ2n) is 5.28. The van der Waals surface area contributed by atoms with E-state index in [4.69, 9.17) is 0 Å². The number of rotatable bonds is 2. The Morgan fingerprint density at radius 3 is 1.83 bits per heavy atom. The van der Waals surface area contributed by atoms with Crippen LogP contribution in [0.3, 0.4) is 0 Å². The summed E-state index contributed by atoms with van der Waals surface area (Å²) in [7, 11) is 0. The molecule has 0 aromatic heterocycles. The number of hydrogen-bond donors (Lipinski definition) is 0. The molecule has 0 saturated heterocycles. The topological polar surface area (TPSA) is 0 Å². The van der Waals surface area contributed by atoms with Crippen molar-refractivity contribution in [3.8, 4) is 0 Å². The van der Waals surface area contributed by atoms with E-state index in [-0.39, 0.29) is 0 Å². The Bertz CT molecular complexity index is 570. The van der Waals surface area contributed by atoms with Crippen molar-refractivity contribution in [3.63, 3.8) is 0 Å². The molecule has 1 aliphatic rings. The van der Waals surface area contributed by atoms with Gasteiger partial charge in [-0.25, -0.2) is 0 Å². The highest BCUT2D eigenvalue weighted by molar-refractivity contribution is 5.73. The predicted molar refractivity (Wildman–Crippen MR) is 77.7 cm³/mol. The van der Waals surface area contributed by atoms with Gasteiger partial charge in [-0.2, -0.15) is 0 Å². The van der Waals surface area contributed by atoms with Crippen molar-refractivity contribution in [2.24, 2.45) is 0 Å². The van der Waals surface area contributed by atoms with Gasteiger partial charge >= 0.3 is 0 Å². The minimum absolute atomic E-state index is 0.613. The summed E-state index contributed by atoms with van der Waals surface area (Å²) in [5.74, 6) is 0.613. The first-order valence-electron chi connectivity index (χ1n) is 6.57. The van der Waals surface area contributed by atoms with Crippen LogP contribution in [0.4, 0.5) is 0 Å². The van der Waals surface area contributed by atoms with Crippen molar-refractivity contribution in [1.29, 1.82) is 0 Å². The molecule has 0 amide bonds. The van der Waals surface area contributed by atoms with E-state index in [1.54, 1.807) is 0 Å². The highest BCUT2D eigenvalue weighted by Gasteiger charge is 2.21. The van der Waals surface area contributed by atoms with Crippen molar-refractivity contribution < 1.29 is 0 Å². The van der Waals surface area contributed by atoms with Crippen LogP contribution in [0, 0.1) is 13.8 Å². The normalized spacial score (nSPS) is 18.1. The van der Waals surface area contributed by atoms with Gasteiger partial charge in [0.2, 0.25) is 0 Å². The first-order valence-corrected chi connectivity index (χ1v) is 6.57. The molecule has 3 rings (SSSR count). The van der Waals surface area contributed by atoms with Crippen molar-refractivity contribution in [2.45, 2.75) is 26.2 Å². The van der Waals surface area contributed by atoms with Gasteiger partial charge in [0, 0.05) is 5.92 Å². The van der Waals surface area contributed by atoms with Gasteiger partial charge in [0.25, 0.3) is 0 Å². The van der Waals surface area contributed by atoms with E-state index in [0.29, 0.717) is 5.92 Å². The molecule has 90 valence electrons. The molecule has 1 unspecified atom stereocenters. The number of benzene rings is 2. The molecule has 1 aliphatic carbocycles. The maximum Gasteiger partial charge on any atom is 0.00645 e. The van der Waals surface area contributed by atoms with Crippen LogP contribution in [0.5, 0.6) is 0 Å². The van der Waals surface area contributed by atoms with E-state index in [1.807, 2.05) is 0 Å². The summed E-state index contributed by atoms with van der Waals surface area (Å²) in [4.78, 5) is 0. The van der Waals surface area contributed by atoms with Gasteiger partial charge in [-0.3, -0.25) is 0 Å². The van der Waals surface area contributed by atoms with Crippen molar-refractivity contribution in [2.75, 3.05) is 0 Å². The fourth-order valence-corrected chi connectivity index (χ4v) is 2.46. The monoisotopic (exact) mass is 234 g/mol. The molecule has 18 heavy (non-hydrogen) atoms. The Morgan fingerprint density at radius 2 is 1.28 bits per heavy atom. The molecular formula is C18H18. The summed E-state index contributed by atoms with van der Waals surface area (Å²) in [6, 6.07) is 17.7. The molecule has 1 atom stereocenters. The Kier molecular flexibility index (Phi) is 2.79. The van der Waals surface area contributed by atoms with Crippen LogP contribution in [0.15, 0.2) is 54.6 Å². The zero-order chi connectivity index (χ0) is 12.5. The molecule has 0 heteroatoms. The average Bonchev–Trinajstić information content (AvgIpc) is 2.32. The van der Waals surface area contributed by atoms with E-state index in [9.17, 15) is 0 Å². The molecule has 0 spiro atoms. The van der Waals surface area contributed by atoms with Gasteiger partial charge in [-0.15, -0.1) is 0 Å². The van der Waals surface area contributed by atoms with Gasteiger partial charge in [-0.1, -0.05) is 65.7 Å². The van der Waals surface area contributed by atoms with Crippen LogP contribution >= 0.6 is 0 Å². The van der Waals surface area contributed by atoms with Gasteiger partial charge in [-0.05, 0) is 37.0 Å². The zero-order valence-corrected chi connectivity index (χ0v) is 11.0. The summed E-state index contributed by atoms with van der Waals surface area (Å²) in [6.07, 6.45) is 3.57. The summed E-state index contributed by atoms with van der Waals surface area (Å²) in [5, 5.41) is 0. The predicted octanol–water partition coefficient (Wildman–Crippen LogP) is 4.87. The number of allylic oxidation sites excluding steroid dienone is 2. The Hall–Kier alpha value is -1.82. The van der Waals surface area contributed by atoms with E-state index < -0.39 is 0 Å². The molecule has 0 bridgehead atoms. The first kappa shape index (κ1) is 11.3. The third-order valence-corrected chi connectivity index (χ3v) is 3.77. The maximum atomic E-state index is 2.40. The highest BCUT2D eigenvalue weighted by atomic mass is 14.3. The van der Waals surface area contributed by atoms with Crippen LogP contribution in [-0.4, -0.2) is 0 Å². The standard InChI is InChI=1S/C18H18/c1-13-3-7-15(8-4-13)17-11-18(12-17)16-9-5-14(2)6-10-16/h3-11,17H,12H2,1-2H3. The summed E-state index contributed by atoms with van der Waals surface area (Å²) >= 11 is 0. The highest BCUT2D eigenvalue weighted by Crippen LogP contribution is 2.40. The zero-order valence-electron chi connectivity index (χ0n) is 11.0. The van der Waals surface area contributed by atoms with E-state index >= 15 is 0 Å². The largest absolute Gasteiger partial charge is 0.0728 e. The SMILES string of the molecule is Cc1ccc(C2=CC(c3ccc(C)cc3)C2)cc1. The summed E-state index contributed by atoms with van der Waals surface area (Å²) < 4.78 is 0. The molecule has 0 saturated carbocycles. The number of hydrogen-bond acceptors (Lipinski definition) is 0. The minimum Gasteiger partial charge on any atom is -0.0728 e. The minimum atomic E-state index is 0.613. The molecule has 0 heterocycles. The molecule has 2 aromatic carbocycles. The van der Waals surface area contributed by atoms with E-state index in [1.165, 1.54) is 34.2 Å². The smallest absolute Gasteiger partial charge is 0.00645 e. The van der Waals surface area contributed by atoms with Crippen LogP contribution in [0.25, 0.3) is 5.57 Å². The van der Waals surface area contributed by atoms with Crippen molar-refractivity contribution in [3.05, 3.63) is 76.9 Å². The number of aryl methyl sites for hydroxylation is 2. The fourth-order valence-electron chi connectivity index (χ4n) is 2.46. The maximum absolute atomic E-state index is 2.40. The van der Waals surface area contributed by atoms with Gasteiger partial charge in [0.05, 0.1) is 0 Å². The Morgan fingerprint density at radius 1 is 0.778 bits per heavy atom. The second-order valence-corrected chi connectivity index (χ2v) is 5.28. The summed E-state index contributed by atoms with van der Waals surface area (Å²) in [5.41, 5.74) is 6.97. The lowest BCUT2D eigenvalue weighted by atomic mass is 9.78. The molecule has 0 aliphatic heterocycles. The molecule has 0 radical (unpaired) electrons. The quantitative estimate of drug-likeness (QED) is 0.695. The second kappa shape index (κ2) is 4.45. The van der Waals surface area contributed by atoms with Crippen LogP contribution < -0.4 is 0 Å². The summed E-state index contributed by atoms with van der Waals surface area (Å²) in [6.45, 7) is 4.27. The van der Waals surface area contributed by atoms with Crippen molar-refractivity contribution in [1.82, 2.24) is 0 Å². The molecule has 2 aromatic rings. The molecule has 0 N–H and O–H groups in total. The van der Waals surface area contributed by atoms with E-state index in [0.717, 1.165) is 0 Å². The van der Waals surface area contributed by atoms with Gasteiger partial charge < -0.3 is 0 Å². The van der Waals surface area contributed by atoms with Crippen LogP contribution in [0.2, 0.25) is 0 Å². The Labute approximate surface area is 109 Å². The fraction of sp³-hybridized carbons (Fsp3) is 0.222. The Balaban J connectivity index is 1.78. The average molecular weight is 234 g/mol. The van der Waals surface area contributed by atoms with Gasteiger partial charge in [0.15, 0.2) is 0 Å². The lowest BCUT2D eigenvalue weighted by Gasteiger charge is -2.26. The van der Waals surface area contributed by atoms with Crippen LogP contribution in [0.1, 0.15) is 34.6 Å². The lowest BCUT2D eigenvalue weighted by molar-refractivity contribution is 0.815. The van der Waals surface area contributed by atoms with Gasteiger partial charge in [0.1, 0.15) is 0 Å². The third kappa shape index (κ3) is 2.11. The molecular weight excluding hydrogens is 216 g/mol. The molecule has 0 fully saturated rings. The molecule has 0 nitrogen and oxygen atoms in total.